The van der Waals surface area contributed by atoms with Gasteiger partial charge in [-0.1, -0.05) is 24.1 Å². The fourth-order valence-electron chi connectivity index (χ4n) is 2.99. The second-order valence-electron chi connectivity index (χ2n) is 6.14. The number of nitrogens with one attached hydrogen (secondary N) is 2. The van der Waals surface area contributed by atoms with Crippen LogP contribution < -0.4 is 10.6 Å². The minimum atomic E-state index is -0.476. The van der Waals surface area contributed by atoms with Gasteiger partial charge in [-0.15, -0.1) is 0 Å². The summed E-state index contributed by atoms with van der Waals surface area (Å²) in [7, 11) is 0. The summed E-state index contributed by atoms with van der Waals surface area (Å²) in [6.07, 6.45) is 5.01. The van der Waals surface area contributed by atoms with Crippen LogP contribution in [0.5, 0.6) is 0 Å². The topological polar surface area (TPSA) is 96.2 Å². The molecular weight excluding hydrogens is 356 g/mol. The lowest BCUT2D eigenvalue weighted by atomic mass is 10.1. The Hall–Kier alpha value is -2.45. The summed E-state index contributed by atoms with van der Waals surface area (Å²) in [6, 6.07) is 6.93. The standard InChI is InChI=1S/C17H21ClN6O2/c18-13-5-4-6-14(11-13)22-17-15(24(25)26)16(20-12-21-17)19-7-10-23-8-2-1-3-9-23/h4-6,11-12H,1-3,7-10H2,(H2,19,20,21,22). The summed E-state index contributed by atoms with van der Waals surface area (Å²) < 4.78 is 0. The molecule has 1 aromatic heterocycles. The summed E-state index contributed by atoms with van der Waals surface area (Å²) in [6.45, 7) is 3.58. The Kier molecular flexibility index (Phi) is 6.19. The van der Waals surface area contributed by atoms with Gasteiger partial charge in [0.25, 0.3) is 0 Å². The van der Waals surface area contributed by atoms with Crippen molar-refractivity contribution in [3.05, 3.63) is 45.7 Å². The van der Waals surface area contributed by atoms with Crippen molar-refractivity contribution in [1.82, 2.24) is 14.9 Å². The van der Waals surface area contributed by atoms with Gasteiger partial charge in [0.1, 0.15) is 6.33 Å². The molecule has 0 atom stereocenters. The Morgan fingerprint density at radius 1 is 1.19 bits per heavy atom. The molecule has 138 valence electrons. The minimum Gasteiger partial charge on any atom is -0.363 e. The number of benzene rings is 1. The van der Waals surface area contributed by atoms with E-state index < -0.39 is 4.92 Å². The van der Waals surface area contributed by atoms with Gasteiger partial charge < -0.3 is 15.5 Å². The lowest BCUT2D eigenvalue weighted by molar-refractivity contribution is -0.383. The van der Waals surface area contributed by atoms with Crippen molar-refractivity contribution >= 4 is 34.6 Å². The van der Waals surface area contributed by atoms with E-state index in [-0.39, 0.29) is 17.3 Å². The van der Waals surface area contributed by atoms with Crippen LogP contribution in [0.15, 0.2) is 30.6 Å². The molecule has 1 aromatic carbocycles. The quantitative estimate of drug-likeness (QED) is 0.562. The monoisotopic (exact) mass is 376 g/mol. The van der Waals surface area contributed by atoms with Gasteiger partial charge in [-0.2, -0.15) is 0 Å². The lowest BCUT2D eigenvalue weighted by Crippen LogP contribution is -2.33. The average molecular weight is 377 g/mol. The van der Waals surface area contributed by atoms with E-state index in [1.807, 2.05) is 0 Å². The van der Waals surface area contributed by atoms with E-state index in [1.165, 1.54) is 25.6 Å². The Balaban J connectivity index is 1.72. The normalized spacial score (nSPS) is 14.8. The summed E-state index contributed by atoms with van der Waals surface area (Å²) in [5, 5.41) is 18.1. The number of hydrogen-bond donors (Lipinski definition) is 2. The van der Waals surface area contributed by atoms with Crippen molar-refractivity contribution < 1.29 is 4.92 Å². The summed E-state index contributed by atoms with van der Waals surface area (Å²) in [4.78, 5) is 21.5. The van der Waals surface area contributed by atoms with Crippen LogP contribution in [-0.2, 0) is 0 Å². The highest BCUT2D eigenvalue weighted by Gasteiger charge is 2.23. The SMILES string of the molecule is O=[N+]([O-])c1c(NCCN2CCCCC2)ncnc1Nc1cccc(Cl)c1. The third-order valence-electron chi connectivity index (χ3n) is 4.26. The minimum absolute atomic E-state index is 0.132. The summed E-state index contributed by atoms with van der Waals surface area (Å²) in [5.74, 6) is 0.347. The number of aromatic nitrogens is 2. The number of nitro groups is 1. The number of rotatable bonds is 7. The van der Waals surface area contributed by atoms with Crippen molar-refractivity contribution in [3.63, 3.8) is 0 Å². The first kappa shape index (κ1) is 18.3. The second-order valence-corrected chi connectivity index (χ2v) is 6.58. The van der Waals surface area contributed by atoms with Crippen LogP contribution in [0.4, 0.5) is 23.0 Å². The number of likely N-dealkylation sites (tertiary alicyclic amines) is 1. The van der Waals surface area contributed by atoms with E-state index in [1.54, 1.807) is 24.3 Å². The Morgan fingerprint density at radius 3 is 2.69 bits per heavy atom. The van der Waals surface area contributed by atoms with E-state index in [9.17, 15) is 10.1 Å². The van der Waals surface area contributed by atoms with E-state index >= 15 is 0 Å². The molecule has 0 bridgehead atoms. The van der Waals surface area contributed by atoms with E-state index in [0.29, 0.717) is 17.3 Å². The molecule has 1 aliphatic heterocycles. The average Bonchev–Trinajstić information content (AvgIpc) is 2.62. The van der Waals surface area contributed by atoms with Gasteiger partial charge in [-0.3, -0.25) is 10.1 Å². The number of piperidine rings is 1. The van der Waals surface area contributed by atoms with Crippen LogP contribution in [0.25, 0.3) is 0 Å². The smallest absolute Gasteiger partial charge is 0.353 e. The molecule has 1 fully saturated rings. The zero-order valence-corrected chi connectivity index (χ0v) is 15.1. The molecule has 2 aromatic rings. The maximum atomic E-state index is 11.6. The first-order valence-electron chi connectivity index (χ1n) is 8.61. The molecule has 0 radical (unpaired) electrons. The first-order chi connectivity index (χ1) is 12.6. The Morgan fingerprint density at radius 2 is 1.96 bits per heavy atom. The predicted molar refractivity (Wildman–Crippen MR) is 102 cm³/mol. The molecule has 1 saturated heterocycles. The molecule has 2 heterocycles. The number of hydrogen-bond acceptors (Lipinski definition) is 7. The highest BCUT2D eigenvalue weighted by molar-refractivity contribution is 6.30. The molecule has 8 nitrogen and oxygen atoms in total. The fraction of sp³-hybridized carbons (Fsp3) is 0.412. The maximum Gasteiger partial charge on any atom is 0.353 e. The molecule has 26 heavy (non-hydrogen) atoms. The molecule has 0 amide bonds. The lowest BCUT2D eigenvalue weighted by Gasteiger charge is -2.26. The highest BCUT2D eigenvalue weighted by Crippen LogP contribution is 2.31. The van der Waals surface area contributed by atoms with Gasteiger partial charge in [-0.05, 0) is 44.1 Å². The largest absolute Gasteiger partial charge is 0.363 e. The van der Waals surface area contributed by atoms with Gasteiger partial charge in [0.05, 0.1) is 4.92 Å². The van der Waals surface area contributed by atoms with E-state index in [0.717, 1.165) is 19.6 Å². The predicted octanol–water partition coefficient (Wildman–Crippen LogP) is 3.68. The van der Waals surface area contributed by atoms with Crippen LogP contribution in [-0.4, -0.2) is 46.0 Å². The molecule has 3 rings (SSSR count). The second kappa shape index (κ2) is 8.77. The summed E-state index contributed by atoms with van der Waals surface area (Å²) >= 11 is 5.96. The Bertz CT molecular complexity index is 767. The Labute approximate surface area is 156 Å². The van der Waals surface area contributed by atoms with E-state index in [2.05, 4.69) is 25.5 Å². The van der Waals surface area contributed by atoms with Crippen molar-refractivity contribution in [2.75, 3.05) is 36.8 Å². The van der Waals surface area contributed by atoms with Crippen LogP contribution >= 0.6 is 11.6 Å². The van der Waals surface area contributed by atoms with Crippen LogP contribution in [0, 0.1) is 10.1 Å². The van der Waals surface area contributed by atoms with Gasteiger partial charge in [-0.25, -0.2) is 9.97 Å². The number of nitrogens with zero attached hydrogens (tertiary/aromatic N) is 4. The van der Waals surface area contributed by atoms with E-state index in [4.69, 9.17) is 11.6 Å². The molecule has 0 aliphatic carbocycles. The molecule has 1 aliphatic rings. The van der Waals surface area contributed by atoms with Crippen molar-refractivity contribution in [2.45, 2.75) is 19.3 Å². The van der Waals surface area contributed by atoms with Crippen molar-refractivity contribution in [1.29, 1.82) is 0 Å². The van der Waals surface area contributed by atoms with Gasteiger partial charge in [0.15, 0.2) is 0 Å². The zero-order chi connectivity index (χ0) is 18.4. The highest BCUT2D eigenvalue weighted by atomic mass is 35.5. The number of anilines is 3. The first-order valence-corrected chi connectivity index (χ1v) is 8.99. The molecule has 9 heteroatoms. The molecule has 0 unspecified atom stereocenters. The number of halogens is 1. The molecule has 0 spiro atoms. The van der Waals surface area contributed by atoms with Crippen molar-refractivity contribution in [2.24, 2.45) is 0 Å². The van der Waals surface area contributed by atoms with Crippen LogP contribution in [0.3, 0.4) is 0 Å². The third-order valence-corrected chi connectivity index (χ3v) is 4.50. The zero-order valence-electron chi connectivity index (χ0n) is 14.3. The molecule has 2 N–H and O–H groups in total. The van der Waals surface area contributed by atoms with Gasteiger partial charge in [0, 0.05) is 23.8 Å². The van der Waals surface area contributed by atoms with Crippen LogP contribution in [0.1, 0.15) is 19.3 Å². The van der Waals surface area contributed by atoms with Gasteiger partial charge >= 0.3 is 5.69 Å². The van der Waals surface area contributed by atoms with Gasteiger partial charge in [0.2, 0.25) is 11.6 Å². The van der Waals surface area contributed by atoms with Crippen LogP contribution in [0.2, 0.25) is 5.02 Å². The third kappa shape index (κ3) is 4.80. The fourth-order valence-corrected chi connectivity index (χ4v) is 3.18. The molecule has 0 saturated carbocycles. The maximum absolute atomic E-state index is 11.6. The molecular formula is C17H21ClN6O2. The summed E-state index contributed by atoms with van der Waals surface area (Å²) in [5.41, 5.74) is 0.449. The van der Waals surface area contributed by atoms with Crippen molar-refractivity contribution in [3.8, 4) is 0 Å².